The molecule has 0 heterocycles. The Morgan fingerprint density at radius 2 is 1.71 bits per heavy atom. The van der Waals surface area contributed by atoms with E-state index in [9.17, 15) is 18.0 Å². The molecule has 2 aromatic carbocycles. The zero-order valence-corrected chi connectivity index (χ0v) is 22.9. The molecule has 0 aliphatic rings. The molecule has 0 saturated heterocycles. The number of nitrogens with zero attached hydrogens (tertiary/aromatic N) is 2. The lowest BCUT2D eigenvalue weighted by Crippen LogP contribution is -2.52. The van der Waals surface area contributed by atoms with Crippen LogP contribution < -0.4 is 9.62 Å². The molecular formula is C25H33Cl2N3O4S. The summed E-state index contributed by atoms with van der Waals surface area (Å²) in [5.74, 6) is -0.794. The first-order valence-corrected chi connectivity index (χ1v) is 14.1. The molecule has 0 aliphatic heterocycles. The number of benzene rings is 2. The molecule has 0 unspecified atom stereocenters. The number of anilines is 1. The molecule has 7 nitrogen and oxygen atoms in total. The van der Waals surface area contributed by atoms with Crippen molar-refractivity contribution < 1.29 is 18.0 Å². The molecule has 2 rings (SSSR count). The Hall–Kier alpha value is -2.29. The van der Waals surface area contributed by atoms with Gasteiger partial charge in [-0.2, -0.15) is 0 Å². The van der Waals surface area contributed by atoms with Crippen molar-refractivity contribution in [1.29, 1.82) is 0 Å². The summed E-state index contributed by atoms with van der Waals surface area (Å²) in [6.45, 7) is 5.94. The number of halogens is 2. The third-order valence-corrected chi connectivity index (χ3v) is 7.23. The maximum atomic E-state index is 13.6. The average molecular weight is 543 g/mol. The summed E-state index contributed by atoms with van der Waals surface area (Å²) in [6.07, 6.45) is 3.11. The van der Waals surface area contributed by atoms with E-state index in [0.29, 0.717) is 13.0 Å². The van der Waals surface area contributed by atoms with E-state index in [1.165, 1.54) is 23.1 Å². The van der Waals surface area contributed by atoms with Crippen LogP contribution in [-0.2, 0) is 26.2 Å². The van der Waals surface area contributed by atoms with Gasteiger partial charge in [-0.25, -0.2) is 8.42 Å². The Morgan fingerprint density at radius 1 is 1.06 bits per heavy atom. The van der Waals surface area contributed by atoms with E-state index in [-0.39, 0.29) is 28.2 Å². The fourth-order valence-corrected chi connectivity index (χ4v) is 4.88. The van der Waals surface area contributed by atoms with Crippen LogP contribution in [-0.4, -0.2) is 50.5 Å². The maximum absolute atomic E-state index is 13.6. The van der Waals surface area contributed by atoms with E-state index in [1.54, 1.807) is 0 Å². The first kappa shape index (κ1) is 28.9. The smallest absolute Gasteiger partial charge is 0.244 e. The molecule has 2 aromatic rings. The predicted octanol–water partition coefficient (Wildman–Crippen LogP) is 4.79. The normalized spacial score (nSPS) is 12.2. The molecule has 35 heavy (non-hydrogen) atoms. The average Bonchev–Trinajstić information content (AvgIpc) is 2.79. The summed E-state index contributed by atoms with van der Waals surface area (Å²) in [5, 5.41) is 3.32. The van der Waals surface area contributed by atoms with Gasteiger partial charge in [0.15, 0.2) is 0 Å². The highest BCUT2D eigenvalue weighted by molar-refractivity contribution is 7.92. The summed E-state index contributed by atoms with van der Waals surface area (Å²) in [5.41, 5.74) is 2.00. The second-order valence-corrected chi connectivity index (χ2v) is 11.2. The number of nitrogens with one attached hydrogen (secondary N) is 1. The Bertz CT molecular complexity index is 1120. The van der Waals surface area contributed by atoms with Crippen LogP contribution in [0.2, 0.25) is 10.0 Å². The molecule has 0 spiro atoms. The van der Waals surface area contributed by atoms with Crippen molar-refractivity contribution in [3.8, 4) is 0 Å². The van der Waals surface area contributed by atoms with Crippen LogP contribution in [0.15, 0.2) is 42.5 Å². The molecule has 0 saturated carbocycles. The van der Waals surface area contributed by atoms with Crippen molar-refractivity contribution in [1.82, 2.24) is 10.2 Å². The zero-order valence-electron chi connectivity index (χ0n) is 20.6. The molecule has 0 fully saturated rings. The van der Waals surface area contributed by atoms with Crippen molar-refractivity contribution in [3.63, 3.8) is 0 Å². The predicted molar refractivity (Wildman–Crippen MR) is 142 cm³/mol. The second kappa shape index (κ2) is 13.1. The number of carbonyl (C=O) groups is 2. The van der Waals surface area contributed by atoms with E-state index in [1.807, 2.05) is 45.0 Å². The molecule has 1 atom stereocenters. The van der Waals surface area contributed by atoms with Crippen LogP contribution in [0, 0.1) is 6.92 Å². The van der Waals surface area contributed by atoms with E-state index in [0.717, 1.165) is 34.5 Å². The molecule has 2 amide bonds. The van der Waals surface area contributed by atoms with Gasteiger partial charge in [0.1, 0.15) is 12.6 Å². The van der Waals surface area contributed by atoms with Crippen molar-refractivity contribution in [2.45, 2.75) is 52.6 Å². The molecular weight excluding hydrogens is 509 g/mol. The third kappa shape index (κ3) is 8.40. The van der Waals surface area contributed by atoms with Gasteiger partial charge in [0, 0.05) is 18.1 Å². The van der Waals surface area contributed by atoms with Gasteiger partial charge in [-0.3, -0.25) is 13.9 Å². The molecule has 0 bridgehead atoms. The van der Waals surface area contributed by atoms with Crippen molar-refractivity contribution in [2.24, 2.45) is 0 Å². The molecule has 0 aromatic heterocycles. The van der Waals surface area contributed by atoms with E-state index in [4.69, 9.17) is 23.2 Å². The van der Waals surface area contributed by atoms with Crippen molar-refractivity contribution >= 4 is 50.7 Å². The number of rotatable bonds is 12. The summed E-state index contributed by atoms with van der Waals surface area (Å²) < 4.78 is 26.3. The second-order valence-electron chi connectivity index (χ2n) is 8.44. The van der Waals surface area contributed by atoms with Crippen LogP contribution in [0.3, 0.4) is 0 Å². The van der Waals surface area contributed by atoms with Gasteiger partial charge in [-0.1, -0.05) is 73.3 Å². The largest absolute Gasteiger partial charge is 0.354 e. The van der Waals surface area contributed by atoms with Gasteiger partial charge < -0.3 is 10.2 Å². The van der Waals surface area contributed by atoms with Gasteiger partial charge in [0.2, 0.25) is 21.8 Å². The molecule has 10 heteroatoms. The summed E-state index contributed by atoms with van der Waals surface area (Å²) in [6, 6.07) is 11.3. The molecule has 0 radical (unpaired) electrons. The van der Waals surface area contributed by atoms with Gasteiger partial charge in [-0.05, 0) is 43.5 Å². The number of unbranched alkanes of at least 4 members (excludes halogenated alkanes) is 1. The van der Waals surface area contributed by atoms with E-state index >= 15 is 0 Å². The number of aryl methyl sites for hydroxylation is 1. The van der Waals surface area contributed by atoms with E-state index in [2.05, 4.69) is 5.32 Å². The Balaban J connectivity index is 2.43. The lowest BCUT2D eigenvalue weighted by molar-refractivity contribution is -0.140. The molecule has 192 valence electrons. The van der Waals surface area contributed by atoms with Crippen LogP contribution in [0.4, 0.5) is 5.69 Å². The minimum absolute atomic E-state index is 0.103. The first-order valence-electron chi connectivity index (χ1n) is 11.5. The summed E-state index contributed by atoms with van der Waals surface area (Å²) >= 11 is 12.3. The van der Waals surface area contributed by atoms with Crippen molar-refractivity contribution in [3.05, 3.63) is 63.6 Å². The summed E-state index contributed by atoms with van der Waals surface area (Å²) in [4.78, 5) is 28.1. The first-order chi connectivity index (χ1) is 16.5. The van der Waals surface area contributed by atoms with Gasteiger partial charge in [0.05, 0.1) is 17.0 Å². The van der Waals surface area contributed by atoms with Crippen molar-refractivity contribution in [2.75, 3.05) is 23.7 Å². The number of hydrogen-bond donors (Lipinski definition) is 1. The quantitative estimate of drug-likeness (QED) is 0.391. The van der Waals surface area contributed by atoms with Crippen LogP contribution >= 0.6 is 23.2 Å². The minimum Gasteiger partial charge on any atom is -0.354 e. The van der Waals surface area contributed by atoms with E-state index < -0.39 is 28.5 Å². The SMILES string of the molecule is CCCCNC(=O)[C@@H](CC)N(Cc1ccc(C)cc1)C(=O)CN(c1cc(Cl)ccc1Cl)S(C)(=O)=O. The Morgan fingerprint density at radius 3 is 2.29 bits per heavy atom. The lowest BCUT2D eigenvalue weighted by Gasteiger charge is -2.33. The Kier molecular flexibility index (Phi) is 10.9. The van der Waals surface area contributed by atoms with Gasteiger partial charge in [0.25, 0.3) is 0 Å². The van der Waals surface area contributed by atoms with Gasteiger partial charge >= 0.3 is 0 Å². The summed E-state index contributed by atoms with van der Waals surface area (Å²) in [7, 11) is -3.89. The standard InChI is InChI=1S/C25H33Cl2N3O4S/c1-5-7-14-28-25(32)22(6-2)29(16-19-10-8-18(3)9-11-19)24(31)17-30(35(4,33)34)23-15-20(26)12-13-21(23)27/h8-13,15,22H,5-7,14,16-17H2,1-4H3,(H,28,32)/t22-/m1/s1. The highest BCUT2D eigenvalue weighted by atomic mass is 35.5. The Labute approximate surface area is 218 Å². The van der Waals surface area contributed by atoms with Crippen LogP contribution in [0.1, 0.15) is 44.2 Å². The molecule has 1 N–H and O–H groups in total. The maximum Gasteiger partial charge on any atom is 0.244 e. The fourth-order valence-electron chi connectivity index (χ4n) is 3.59. The van der Waals surface area contributed by atoms with Crippen LogP contribution in [0.25, 0.3) is 0 Å². The number of hydrogen-bond acceptors (Lipinski definition) is 4. The van der Waals surface area contributed by atoms with Crippen LogP contribution in [0.5, 0.6) is 0 Å². The number of amides is 2. The lowest BCUT2D eigenvalue weighted by atomic mass is 10.1. The fraction of sp³-hybridized carbons (Fsp3) is 0.440. The highest BCUT2D eigenvalue weighted by Gasteiger charge is 2.32. The molecule has 0 aliphatic carbocycles. The number of carbonyl (C=O) groups excluding carboxylic acids is 2. The monoisotopic (exact) mass is 541 g/mol. The zero-order chi connectivity index (χ0) is 26.2. The number of sulfonamides is 1. The topological polar surface area (TPSA) is 86.8 Å². The highest BCUT2D eigenvalue weighted by Crippen LogP contribution is 2.31. The minimum atomic E-state index is -3.89. The third-order valence-electron chi connectivity index (χ3n) is 5.55. The van der Waals surface area contributed by atoms with Gasteiger partial charge in [-0.15, -0.1) is 0 Å².